The Morgan fingerprint density at radius 1 is 1.17 bits per heavy atom. The Morgan fingerprint density at radius 3 is 2.46 bits per heavy atom. The van der Waals surface area contributed by atoms with Gasteiger partial charge in [0.05, 0.1) is 13.5 Å². The van der Waals surface area contributed by atoms with Crippen molar-refractivity contribution in [1.82, 2.24) is 5.32 Å². The third kappa shape index (κ3) is 4.80. The second-order valence-corrected chi connectivity index (χ2v) is 7.55. The maximum absolute atomic E-state index is 12.1. The minimum atomic E-state index is -3.61. The smallest absolute Gasteiger partial charge is 0.307 e. The lowest BCUT2D eigenvalue weighted by molar-refractivity contribution is -0.140. The van der Waals surface area contributed by atoms with Gasteiger partial charge in [-0.15, -0.1) is 11.3 Å². The van der Waals surface area contributed by atoms with Crippen molar-refractivity contribution in [2.24, 2.45) is 0 Å². The zero-order valence-corrected chi connectivity index (χ0v) is 14.4. The molecule has 24 heavy (non-hydrogen) atoms. The highest BCUT2D eigenvalue weighted by atomic mass is 32.2. The topological polar surface area (TPSA) is 102 Å². The van der Waals surface area contributed by atoms with Gasteiger partial charge in [0.25, 0.3) is 15.9 Å². The Bertz CT molecular complexity index is 799. The summed E-state index contributed by atoms with van der Waals surface area (Å²) in [6, 6.07) is 9.16. The van der Waals surface area contributed by atoms with Gasteiger partial charge in [-0.3, -0.25) is 14.3 Å². The number of ether oxygens (including phenoxy) is 1. The van der Waals surface area contributed by atoms with Crippen LogP contribution in [0.25, 0.3) is 0 Å². The van der Waals surface area contributed by atoms with Gasteiger partial charge < -0.3 is 10.1 Å². The number of hydrogen-bond donors (Lipinski definition) is 2. The third-order valence-corrected chi connectivity index (χ3v) is 5.78. The summed E-state index contributed by atoms with van der Waals surface area (Å²) < 4.78 is 31.3. The van der Waals surface area contributed by atoms with E-state index in [-0.39, 0.29) is 23.1 Å². The van der Waals surface area contributed by atoms with Crippen molar-refractivity contribution >= 4 is 38.9 Å². The molecule has 0 spiro atoms. The van der Waals surface area contributed by atoms with E-state index in [0.717, 1.165) is 11.3 Å². The number of benzene rings is 1. The van der Waals surface area contributed by atoms with E-state index in [0.29, 0.717) is 11.3 Å². The van der Waals surface area contributed by atoms with Crippen LogP contribution in [-0.4, -0.2) is 33.9 Å². The summed E-state index contributed by atoms with van der Waals surface area (Å²) in [7, 11) is -2.34. The van der Waals surface area contributed by atoms with Gasteiger partial charge >= 0.3 is 5.97 Å². The van der Waals surface area contributed by atoms with Gasteiger partial charge in [-0.05, 0) is 35.7 Å². The van der Waals surface area contributed by atoms with Crippen LogP contribution in [-0.2, 0) is 19.6 Å². The molecule has 0 fully saturated rings. The SMILES string of the molecule is COC(=O)CCNC(=O)c1ccc(NS(=O)(=O)c2cccs2)cc1. The van der Waals surface area contributed by atoms with Crippen LogP contribution < -0.4 is 10.0 Å². The molecule has 2 aromatic rings. The highest BCUT2D eigenvalue weighted by Gasteiger charge is 2.15. The Balaban J connectivity index is 1.95. The Hall–Kier alpha value is -2.39. The first-order valence-corrected chi connectivity index (χ1v) is 9.30. The van der Waals surface area contributed by atoms with Crippen LogP contribution >= 0.6 is 11.3 Å². The van der Waals surface area contributed by atoms with Gasteiger partial charge in [-0.25, -0.2) is 8.42 Å². The van der Waals surface area contributed by atoms with Crippen molar-refractivity contribution < 1.29 is 22.7 Å². The summed E-state index contributed by atoms with van der Waals surface area (Å²) in [5.41, 5.74) is 0.716. The summed E-state index contributed by atoms with van der Waals surface area (Å²) in [4.78, 5) is 22.9. The molecule has 0 bridgehead atoms. The number of sulfonamides is 1. The molecule has 1 aromatic heterocycles. The van der Waals surface area contributed by atoms with Crippen LogP contribution in [0, 0.1) is 0 Å². The number of amides is 1. The molecule has 0 aliphatic heterocycles. The van der Waals surface area contributed by atoms with Gasteiger partial charge in [0.15, 0.2) is 0 Å². The maximum atomic E-state index is 12.1. The average molecular weight is 368 g/mol. The Morgan fingerprint density at radius 2 is 1.88 bits per heavy atom. The molecule has 1 aromatic carbocycles. The summed E-state index contributed by atoms with van der Waals surface area (Å²) in [5.74, 6) is -0.764. The van der Waals surface area contributed by atoms with E-state index in [1.807, 2.05) is 0 Å². The first-order valence-electron chi connectivity index (χ1n) is 6.94. The first-order chi connectivity index (χ1) is 11.4. The quantitative estimate of drug-likeness (QED) is 0.726. The second-order valence-electron chi connectivity index (χ2n) is 4.70. The molecule has 1 amide bonds. The van der Waals surface area contributed by atoms with Crippen LogP contribution in [0.1, 0.15) is 16.8 Å². The lowest BCUT2D eigenvalue weighted by Crippen LogP contribution is -2.26. The molecule has 0 radical (unpaired) electrons. The summed E-state index contributed by atoms with van der Waals surface area (Å²) in [6.07, 6.45) is 0.0843. The lowest BCUT2D eigenvalue weighted by atomic mass is 10.2. The van der Waals surface area contributed by atoms with E-state index >= 15 is 0 Å². The molecule has 0 aliphatic rings. The monoisotopic (exact) mass is 368 g/mol. The minimum absolute atomic E-state index is 0.0843. The fraction of sp³-hybridized carbons (Fsp3) is 0.200. The van der Waals surface area contributed by atoms with Gasteiger partial charge in [0, 0.05) is 17.8 Å². The fourth-order valence-electron chi connectivity index (χ4n) is 1.79. The minimum Gasteiger partial charge on any atom is -0.469 e. The van der Waals surface area contributed by atoms with Crippen molar-refractivity contribution in [3.05, 3.63) is 47.3 Å². The van der Waals surface area contributed by atoms with Gasteiger partial charge in [-0.2, -0.15) is 0 Å². The van der Waals surface area contributed by atoms with Gasteiger partial charge in [0.2, 0.25) is 0 Å². The third-order valence-electron chi connectivity index (χ3n) is 3.00. The van der Waals surface area contributed by atoms with Crippen LogP contribution in [0.2, 0.25) is 0 Å². The van der Waals surface area contributed by atoms with Gasteiger partial charge in [-0.1, -0.05) is 6.07 Å². The Kier molecular flexibility index (Phi) is 5.93. The largest absolute Gasteiger partial charge is 0.469 e. The number of hydrogen-bond acceptors (Lipinski definition) is 6. The molecule has 0 aliphatic carbocycles. The highest BCUT2D eigenvalue weighted by Crippen LogP contribution is 2.20. The molecule has 1 heterocycles. The fourth-order valence-corrected chi connectivity index (χ4v) is 3.85. The normalized spacial score (nSPS) is 10.9. The number of carbonyl (C=O) groups excluding carboxylic acids is 2. The molecule has 0 atom stereocenters. The summed E-state index contributed by atoms with van der Waals surface area (Å²) >= 11 is 1.12. The van der Waals surface area contributed by atoms with Crippen molar-refractivity contribution in [2.45, 2.75) is 10.6 Å². The van der Waals surface area contributed by atoms with E-state index in [2.05, 4.69) is 14.8 Å². The van der Waals surface area contributed by atoms with E-state index in [4.69, 9.17) is 0 Å². The molecule has 0 unspecified atom stereocenters. The number of rotatable bonds is 7. The molecule has 9 heteroatoms. The molecule has 0 saturated carbocycles. The summed E-state index contributed by atoms with van der Waals surface area (Å²) in [5, 5.41) is 4.25. The van der Waals surface area contributed by atoms with E-state index in [9.17, 15) is 18.0 Å². The molecular formula is C15H16N2O5S2. The van der Waals surface area contributed by atoms with Crippen molar-refractivity contribution in [3.63, 3.8) is 0 Å². The predicted molar refractivity (Wildman–Crippen MR) is 90.5 cm³/mol. The standard InChI is InChI=1S/C15H16N2O5S2/c1-22-13(18)8-9-16-15(19)11-4-6-12(7-5-11)17-24(20,21)14-3-2-10-23-14/h2-7,10,17H,8-9H2,1H3,(H,16,19). The highest BCUT2D eigenvalue weighted by molar-refractivity contribution is 7.94. The van der Waals surface area contributed by atoms with Crippen molar-refractivity contribution in [3.8, 4) is 0 Å². The molecule has 2 N–H and O–H groups in total. The van der Waals surface area contributed by atoms with Crippen molar-refractivity contribution in [2.75, 3.05) is 18.4 Å². The van der Waals surface area contributed by atoms with E-state index < -0.39 is 16.0 Å². The van der Waals surface area contributed by atoms with E-state index in [1.54, 1.807) is 11.4 Å². The molecule has 0 saturated heterocycles. The lowest BCUT2D eigenvalue weighted by Gasteiger charge is -2.08. The predicted octanol–water partition coefficient (Wildman–Crippen LogP) is 1.84. The van der Waals surface area contributed by atoms with E-state index in [1.165, 1.54) is 37.4 Å². The molecule has 2 rings (SSSR count). The number of anilines is 1. The molecular weight excluding hydrogens is 352 g/mol. The number of nitrogens with one attached hydrogen (secondary N) is 2. The number of methoxy groups -OCH3 is 1. The van der Waals surface area contributed by atoms with Gasteiger partial charge in [0.1, 0.15) is 4.21 Å². The maximum Gasteiger partial charge on any atom is 0.307 e. The second kappa shape index (κ2) is 7.93. The first kappa shape index (κ1) is 18.0. The van der Waals surface area contributed by atoms with Crippen LogP contribution in [0.5, 0.6) is 0 Å². The number of esters is 1. The zero-order chi connectivity index (χ0) is 17.6. The van der Waals surface area contributed by atoms with Crippen LogP contribution in [0.15, 0.2) is 46.0 Å². The van der Waals surface area contributed by atoms with Crippen molar-refractivity contribution in [1.29, 1.82) is 0 Å². The molecule has 7 nitrogen and oxygen atoms in total. The Labute approximate surface area is 143 Å². The number of carbonyl (C=O) groups is 2. The number of thiophene rings is 1. The van der Waals surface area contributed by atoms with Crippen LogP contribution in [0.4, 0.5) is 5.69 Å². The average Bonchev–Trinajstić information content (AvgIpc) is 3.10. The summed E-state index contributed by atoms with van der Waals surface area (Å²) in [6.45, 7) is 0.165. The zero-order valence-electron chi connectivity index (χ0n) is 12.8. The van der Waals surface area contributed by atoms with Crippen LogP contribution in [0.3, 0.4) is 0 Å². The molecule has 128 valence electrons.